The quantitative estimate of drug-likeness (QED) is 0.756. The number of amides is 2. The summed E-state index contributed by atoms with van der Waals surface area (Å²) >= 11 is 0. The number of carbonyl (C=O) groups is 1. The lowest BCUT2D eigenvalue weighted by Crippen LogP contribution is -2.42. The predicted octanol–water partition coefficient (Wildman–Crippen LogP) is 2.78. The molecular formula is C20H25N7O. The first kappa shape index (κ1) is 18.2. The van der Waals surface area contributed by atoms with E-state index in [-0.39, 0.29) is 11.9 Å². The molecule has 2 amide bonds. The molecule has 28 heavy (non-hydrogen) atoms. The number of aryl methyl sites for hydroxylation is 1. The van der Waals surface area contributed by atoms with E-state index in [1.165, 1.54) is 0 Å². The Morgan fingerprint density at radius 2 is 2.14 bits per heavy atom. The van der Waals surface area contributed by atoms with Gasteiger partial charge in [-0.2, -0.15) is 0 Å². The van der Waals surface area contributed by atoms with Gasteiger partial charge in [0.1, 0.15) is 5.82 Å². The molecule has 1 N–H and O–H groups in total. The molecule has 0 saturated carbocycles. The van der Waals surface area contributed by atoms with Gasteiger partial charge >= 0.3 is 6.03 Å². The molecule has 3 aromatic rings. The van der Waals surface area contributed by atoms with Crippen molar-refractivity contribution in [3.8, 4) is 0 Å². The van der Waals surface area contributed by atoms with Crippen LogP contribution in [-0.4, -0.2) is 48.3 Å². The van der Waals surface area contributed by atoms with Gasteiger partial charge in [-0.05, 0) is 31.4 Å². The number of imidazole rings is 1. The lowest BCUT2D eigenvalue weighted by molar-refractivity contribution is 0.190. The molecular weight excluding hydrogens is 354 g/mol. The van der Waals surface area contributed by atoms with Crippen molar-refractivity contribution in [2.75, 3.05) is 18.4 Å². The van der Waals surface area contributed by atoms with Crippen molar-refractivity contribution in [2.24, 2.45) is 7.05 Å². The van der Waals surface area contributed by atoms with E-state index >= 15 is 0 Å². The van der Waals surface area contributed by atoms with Crippen molar-refractivity contribution in [1.29, 1.82) is 0 Å². The van der Waals surface area contributed by atoms with Gasteiger partial charge in [0.25, 0.3) is 0 Å². The van der Waals surface area contributed by atoms with Crippen molar-refractivity contribution in [3.63, 3.8) is 0 Å². The first-order valence-corrected chi connectivity index (χ1v) is 9.57. The molecule has 0 unspecified atom stereocenters. The molecule has 1 aromatic carbocycles. The Labute approximate surface area is 164 Å². The van der Waals surface area contributed by atoms with E-state index in [1.807, 2.05) is 58.5 Å². The van der Waals surface area contributed by atoms with Gasteiger partial charge in [-0.15, -0.1) is 10.2 Å². The van der Waals surface area contributed by atoms with Crippen LogP contribution in [0.5, 0.6) is 0 Å². The van der Waals surface area contributed by atoms with E-state index in [1.54, 1.807) is 12.5 Å². The first-order valence-electron chi connectivity index (χ1n) is 9.57. The Morgan fingerprint density at radius 1 is 1.29 bits per heavy atom. The second kappa shape index (κ2) is 7.84. The van der Waals surface area contributed by atoms with Crippen molar-refractivity contribution < 1.29 is 4.79 Å². The minimum absolute atomic E-state index is 0.0557. The van der Waals surface area contributed by atoms with Gasteiger partial charge in [0.05, 0.1) is 12.9 Å². The summed E-state index contributed by atoms with van der Waals surface area (Å²) in [6.45, 7) is 4.03. The molecule has 0 aliphatic carbocycles. The average molecular weight is 379 g/mol. The van der Waals surface area contributed by atoms with Crippen molar-refractivity contribution >= 4 is 11.7 Å². The highest BCUT2D eigenvalue weighted by Gasteiger charge is 2.28. The van der Waals surface area contributed by atoms with Gasteiger partial charge in [-0.1, -0.05) is 18.2 Å². The van der Waals surface area contributed by atoms with E-state index in [0.717, 1.165) is 42.3 Å². The maximum atomic E-state index is 12.8. The topological polar surface area (TPSA) is 80.9 Å². The summed E-state index contributed by atoms with van der Waals surface area (Å²) in [6.07, 6.45) is 7.39. The molecule has 1 atom stereocenters. The van der Waals surface area contributed by atoms with Crippen molar-refractivity contribution in [1.82, 2.24) is 29.2 Å². The van der Waals surface area contributed by atoms with Gasteiger partial charge in [0, 0.05) is 44.1 Å². The molecule has 0 radical (unpaired) electrons. The van der Waals surface area contributed by atoms with E-state index in [2.05, 4.69) is 20.5 Å². The third kappa shape index (κ3) is 3.76. The van der Waals surface area contributed by atoms with E-state index in [9.17, 15) is 4.79 Å². The van der Waals surface area contributed by atoms with E-state index in [4.69, 9.17) is 0 Å². The number of piperidine rings is 1. The highest BCUT2D eigenvalue weighted by atomic mass is 16.2. The Bertz CT molecular complexity index is 947. The fourth-order valence-corrected chi connectivity index (χ4v) is 3.69. The molecule has 2 aromatic heterocycles. The van der Waals surface area contributed by atoms with Crippen LogP contribution in [-0.2, 0) is 13.6 Å². The number of benzene rings is 1. The van der Waals surface area contributed by atoms with Crippen LogP contribution in [0.2, 0.25) is 0 Å². The third-order valence-corrected chi connectivity index (χ3v) is 5.34. The van der Waals surface area contributed by atoms with Crippen LogP contribution in [0.3, 0.4) is 0 Å². The maximum absolute atomic E-state index is 12.8. The Morgan fingerprint density at radius 3 is 2.93 bits per heavy atom. The number of hydrogen-bond acceptors (Lipinski definition) is 4. The number of hydrogen-bond donors (Lipinski definition) is 1. The molecule has 8 nitrogen and oxygen atoms in total. The summed E-state index contributed by atoms with van der Waals surface area (Å²) < 4.78 is 4.02. The number of likely N-dealkylation sites (tertiary alicyclic amines) is 1. The molecule has 8 heteroatoms. The summed E-state index contributed by atoms with van der Waals surface area (Å²) in [7, 11) is 1.99. The zero-order valence-electron chi connectivity index (χ0n) is 16.2. The highest BCUT2D eigenvalue weighted by molar-refractivity contribution is 5.90. The molecule has 1 aliphatic rings. The van der Waals surface area contributed by atoms with Crippen LogP contribution in [0.25, 0.3) is 0 Å². The number of carbonyl (C=O) groups excluding carboxylic acids is 1. The SMILES string of the molecule is Cc1ccccc1NC(=O)N1CCC[C@H](c2nnc(Cn3ccnc3)n2C)C1. The highest BCUT2D eigenvalue weighted by Crippen LogP contribution is 2.26. The van der Waals surface area contributed by atoms with Gasteiger partial charge < -0.3 is 19.4 Å². The van der Waals surface area contributed by atoms with E-state index < -0.39 is 0 Å². The third-order valence-electron chi connectivity index (χ3n) is 5.34. The normalized spacial score (nSPS) is 16.9. The second-order valence-electron chi connectivity index (χ2n) is 7.30. The molecule has 146 valence electrons. The van der Waals surface area contributed by atoms with Crippen molar-refractivity contribution in [2.45, 2.75) is 32.2 Å². The predicted molar refractivity (Wildman–Crippen MR) is 106 cm³/mol. The number of rotatable bonds is 4. The molecule has 0 spiro atoms. The number of nitrogens with one attached hydrogen (secondary N) is 1. The molecule has 0 bridgehead atoms. The van der Waals surface area contributed by atoms with E-state index in [0.29, 0.717) is 13.1 Å². The smallest absolute Gasteiger partial charge is 0.321 e. The number of para-hydroxylation sites is 1. The minimum atomic E-state index is -0.0557. The van der Waals surface area contributed by atoms with Crippen LogP contribution < -0.4 is 5.32 Å². The average Bonchev–Trinajstić information content (AvgIpc) is 3.34. The zero-order valence-corrected chi connectivity index (χ0v) is 16.2. The number of anilines is 1. The van der Waals surface area contributed by atoms with Gasteiger partial charge in [-0.25, -0.2) is 9.78 Å². The largest absolute Gasteiger partial charge is 0.330 e. The molecule has 1 aliphatic heterocycles. The number of aromatic nitrogens is 5. The fraction of sp³-hybridized carbons (Fsp3) is 0.400. The lowest BCUT2D eigenvalue weighted by Gasteiger charge is -2.32. The van der Waals surface area contributed by atoms with Crippen LogP contribution in [0.15, 0.2) is 43.0 Å². The van der Waals surface area contributed by atoms with Crippen LogP contribution >= 0.6 is 0 Å². The molecule has 1 saturated heterocycles. The lowest BCUT2D eigenvalue weighted by atomic mass is 9.97. The van der Waals surface area contributed by atoms with Gasteiger partial charge in [0.2, 0.25) is 0 Å². The van der Waals surface area contributed by atoms with Gasteiger partial charge in [-0.3, -0.25) is 0 Å². The van der Waals surface area contributed by atoms with Crippen molar-refractivity contribution in [3.05, 3.63) is 60.2 Å². The first-order chi connectivity index (χ1) is 13.6. The molecule has 1 fully saturated rings. The Kier molecular flexibility index (Phi) is 5.10. The summed E-state index contributed by atoms with van der Waals surface area (Å²) in [6, 6.07) is 7.77. The summed E-state index contributed by atoms with van der Waals surface area (Å²) in [4.78, 5) is 18.7. The summed E-state index contributed by atoms with van der Waals surface area (Å²) in [5.41, 5.74) is 1.91. The van der Waals surface area contributed by atoms with Crippen LogP contribution in [0.1, 0.15) is 36.0 Å². The monoisotopic (exact) mass is 379 g/mol. The Balaban J connectivity index is 1.44. The summed E-state index contributed by atoms with van der Waals surface area (Å²) in [5, 5.41) is 11.8. The maximum Gasteiger partial charge on any atom is 0.321 e. The number of urea groups is 1. The minimum Gasteiger partial charge on any atom is -0.330 e. The second-order valence-corrected chi connectivity index (χ2v) is 7.30. The van der Waals surface area contributed by atoms with Gasteiger partial charge in [0.15, 0.2) is 5.82 Å². The fourth-order valence-electron chi connectivity index (χ4n) is 3.69. The molecule has 3 heterocycles. The zero-order chi connectivity index (χ0) is 19.5. The Hall–Kier alpha value is -3.16. The van der Waals surface area contributed by atoms with Crippen LogP contribution in [0.4, 0.5) is 10.5 Å². The molecule has 4 rings (SSSR count). The summed E-state index contributed by atoms with van der Waals surface area (Å²) in [5.74, 6) is 2.00. The number of nitrogens with zero attached hydrogens (tertiary/aromatic N) is 6. The van der Waals surface area contributed by atoms with Crippen LogP contribution in [0, 0.1) is 6.92 Å². The standard InChI is InChI=1S/C20H25N7O/c1-15-6-3-4-8-17(15)22-20(28)27-10-5-7-16(12-27)19-24-23-18(25(19)2)13-26-11-9-21-14-26/h3-4,6,8-9,11,14,16H,5,7,10,12-13H2,1-2H3,(H,22,28)/t16-/m0/s1.